The normalized spacial score (nSPS) is 22.1. The molecule has 1 N–H and O–H groups in total. The lowest BCUT2D eigenvalue weighted by atomic mass is 9.83. The van der Waals surface area contributed by atoms with Crippen molar-refractivity contribution >= 4 is 12.1 Å². The van der Waals surface area contributed by atoms with Gasteiger partial charge in [0.15, 0.2) is 0 Å². The van der Waals surface area contributed by atoms with Crippen molar-refractivity contribution in [3.63, 3.8) is 0 Å². The van der Waals surface area contributed by atoms with Gasteiger partial charge in [-0.15, -0.1) is 0 Å². The van der Waals surface area contributed by atoms with Gasteiger partial charge in [-0.2, -0.15) is 0 Å². The van der Waals surface area contributed by atoms with E-state index < -0.39 is 17.6 Å². The van der Waals surface area contributed by atoms with E-state index in [1.165, 1.54) is 16.0 Å². The Balaban J connectivity index is 1.59. The number of ether oxygens (including phenoxy) is 1. The summed E-state index contributed by atoms with van der Waals surface area (Å²) in [6.45, 7) is 4.57. The summed E-state index contributed by atoms with van der Waals surface area (Å²) in [7, 11) is 0. The first-order valence-electron chi connectivity index (χ1n) is 11.4. The van der Waals surface area contributed by atoms with E-state index in [0.717, 1.165) is 30.4 Å². The summed E-state index contributed by atoms with van der Waals surface area (Å²) in [5.41, 5.74) is 3.49. The summed E-state index contributed by atoms with van der Waals surface area (Å²) in [5.74, 6) is -0.984. The Bertz CT molecular complexity index is 926. The number of hydrogen-bond acceptors (Lipinski definition) is 3. The Hall–Kier alpha value is -2.82. The molecular weight excluding hydrogens is 390 g/mol. The molecule has 5 heteroatoms. The van der Waals surface area contributed by atoms with E-state index in [0.29, 0.717) is 19.4 Å². The molecule has 0 bridgehead atoms. The highest BCUT2D eigenvalue weighted by atomic mass is 16.6. The van der Waals surface area contributed by atoms with Crippen LogP contribution in [0.1, 0.15) is 63.0 Å². The molecule has 31 heavy (non-hydrogen) atoms. The van der Waals surface area contributed by atoms with Crippen molar-refractivity contribution in [2.24, 2.45) is 5.92 Å². The fourth-order valence-electron chi connectivity index (χ4n) is 5.70. The summed E-state index contributed by atoms with van der Waals surface area (Å²) in [6, 6.07) is 16.4. The number of hydrogen-bond donors (Lipinski definition) is 1. The number of carbonyl (C=O) groups excluding carboxylic acids is 1. The van der Waals surface area contributed by atoms with Crippen LogP contribution in [0.3, 0.4) is 0 Å². The lowest BCUT2D eigenvalue weighted by Gasteiger charge is -2.41. The van der Waals surface area contributed by atoms with Gasteiger partial charge in [0.2, 0.25) is 0 Å². The predicted octanol–water partition coefficient (Wildman–Crippen LogP) is 5.68. The number of carboxylic acids is 1. The second kappa shape index (κ2) is 8.74. The van der Waals surface area contributed by atoms with Gasteiger partial charge in [-0.25, -0.2) is 9.59 Å². The lowest BCUT2D eigenvalue weighted by molar-refractivity contribution is -0.153. The van der Waals surface area contributed by atoms with Crippen LogP contribution >= 0.6 is 0 Å². The minimum atomic E-state index is -1.16. The number of carbonyl (C=O) groups is 2. The zero-order chi connectivity index (χ0) is 22.0. The van der Waals surface area contributed by atoms with Crippen molar-refractivity contribution in [1.29, 1.82) is 0 Å². The first-order valence-corrected chi connectivity index (χ1v) is 11.4. The quantitative estimate of drug-likeness (QED) is 0.624. The molecular formula is C26H31NO4. The average Bonchev–Trinajstić information content (AvgIpc) is 3.36. The number of nitrogens with zero attached hydrogens (tertiary/aromatic N) is 1. The van der Waals surface area contributed by atoms with Crippen molar-refractivity contribution in [3.05, 3.63) is 59.7 Å². The third-order valence-corrected chi connectivity index (χ3v) is 7.13. The Morgan fingerprint density at radius 3 is 2.23 bits per heavy atom. The summed E-state index contributed by atoms with van der Waals surface area (Å²) in [5, 5.41) is 10.2. The minimum Gasteiger partial charge on any atom is -0.479 e. The lowest BCUT2D eigenvalue weighted by Crippen LogP contribution is -2.59. The van der Waals surface area contributed by atoms with Crippen molar-refractivity contribution in [3.8, 4) is 11.1 Å². The van der Waals surface area contributed by atoms with Gasteiger partial charge in [0.25, 0.3) is 0 Å². The van der Waals surface area contributed by atoms with Gasteiger partial charge < -0.3 is 9.84 Å². The predicted molar refractivity (Wildman–Crippen MR) is 120 cm³/mol. The highest BCUT2D eigenvalue weighted by molar-refractivity contribution is 5.85. The van der Waals surface area contributed by atoms with E-state index in [9.17, 15) is 14.7 Å². The van der Waals surface area contributed by atoms with Crippen molar-refractivity contribution < 1.29 is 19.4 Å². The largest absolute Gasteiger partial charge is 0.479 e. The van der Waals surface area contributed by atoms with Gasteiger partial charge in [0, 0.05) is 12.5 Å². The van der Waals surface area contributed by atoms with E-state index in [4.69, 9.17) is 4.74 Å². The molecule has 0 radical (unpaired) electrons. The summed E-state index contributed by atoms with van der Waals surface area (Å²) < 4.78 is 5.86. The molecule has 0 aromatic heterocycles. The molecule has 2 aromatic carbocycles. The van der Waals surface area contributed by atoms with Crippen LogP contribution in [-0.4, -0.2) is 40.8 Å². The van der Waals surface area contributed by atoms with Gasteiger partial charge in [0.05, 0.1) is 0 Å². The molecule has 2 aliphatic rings. The summed E-state index contributed by atoms with van der Waals surface area (Å²) in [6.07, 6.45) is 3.07. The molecule has 1 saturated carbocycles. The van der Waals surface area contributed by atoms with Gasteiger partial charge in [-0.3, -0.25) is 4.90 Å². The first-order chi connectivity index (χ1) is 15.0. The zero-order valence-electron chi connectivity index (χ0n) is 18.3. The molecule has 0 heterocycles. The second-order valence-electron chi connectivity index (χ2n) is 8.68. The molecule has 2 aliphatic carbocycles. The van der Waals surface area contributed by atoms with E-state index >= 15 is 0 Å². The molecule has 2 unspecified atom stereocenters. The van der Waals surface area contributed by atoms with Gasteiger partial charge in [-0.05, 0) is 47.4 Å². The number of benzene rings is 2. The van der Waals surface area contributed by atoms with E-state index in [1.54, 1.807) is 0 Å². The fraction of sp³-hybridized carbons (Fsp3) is 0.462. The molecule has 0 aliphatic heterocycles. The molecule has 0 spiro atoms. The van der Waals surface area contributed by atoms with Gasteiger partial charge in [0.1, 0.15) is 12.1 Å². The highest BCUT2D eigenvalue weighted by Crippen LogP contribution is 2.46. The number of aliphatic carboxylic acids is 1. The summed E-state index contributed by atoms with van der Waals surface area (Å²) >= 11 is 0. The molecule has 1 amide bonds. The topological polar surface area (TPSA) is 66.8 Å². The highest BCUT2D eigenvalue weighted by Gasteiger charge is 2.54. The van der Waals surface area contributed by atoms with Crippen LogP contribution in [0.15, 0.2) is 48.5 Å². The monoisotopic (exact) mass is 421 g/mol. The van der Waals surface area contributed by atoms with Crippen LogP contribution in [0.2, 0.25) is 0 Å². The van der Waals surface area contributed by atoms with Gasteiger partial charge in [-0.1, -0.05) is 75.2 Å². The van der Waals surface area contributed by atoms with E-state index in [2.05, 4.69) is 24.3 Å². The van der Waals surface area contributed by atoms with Crippen molar-refractivity contribution in [2.45, 2.75) is 57.4 Å². The third-order valence-electron chi connectivity index (χ3n) is 7.13. The zero-order valence-corrected chi connectivity index (χ0v) is 18.3. The van der Waals surface area contributed by atoms with Crippen molar-refractivity contribution in [1.82, 2.24) is 4.90 Å². The average molecular weight is 422 g/mol. The number of rotatable bonds is 7. The molecule has 0 saturated heterocycles. The second-order valence-corrected chi connectivity index (χ2v) is 8.68. The standard InChI is InChI=1S/C26H31NO4/c1-3-16-27(26(24(28)29)15-9-10-18(26)4-2)25(30)31-17-23-21-13-7-5-11-19(21)20-12-6-8-14-22(20)23/h5-8,11-14,18,23H,3-4,9-10,15-17H2,1-2H3,(H,28,29). The third kappa shape index (κ3) is 3.50. The molecule has 164 valence electrons. The smallest absolute Gasteiger partial charge is 0.410 e. The minimum absolute atomic E-state index is 0.0360. The molecule has 2 aromatic rings. The van der Waals surface area contributed by atoms with Crippen LogP contribution in [0.5, 0.6) is 0 Å². The maximum Gasteiger partial charge on any atom is 0.410 e. The molecule has 2 atom stereocenters. The van der Waals surface area contributed by atoms with Gasteiger partial charge >= 0.3 is 12.1 Å². The van der Waals surface area contributed by atoms with Crippen LogP contribution in [0, 0.1) is 5.92 Å². The maximum atomic E-state index is 13.3. The molecule has 1 fully saturated rings. The molecule has 5 nitrogen and oxygen atoms in total. The SMILES string of the molecule is CCCN(C(=O)OCC1c2ccccc2-c2ccccc21)C1(C(=O)O)CCCC1CC. The number of carboxylic acid groups (broad SMARTS) is 1. The maximum absolute atomic E-state index is 13.3. The number of fused-ring (bicyclic) bond motifs is 3. The number of amides is 1. The Morgan fingerprint density at radius 1 is 1.06 bits per heavy atom. The Kier molecular flexibility index (Phi) is 6.03. The summed E-state index contributed by atoms with van der Waals surface area (Å²) in [4.78, 5) is 27.3. The Morgan fingerprint density at radius 2 is 1.68 bits per heavy atom. The fourth-order valence-corrected chi connectivity index (χ4v) is 5.70. The van der Waals surface area contributed by atoms with E-state index in [1.807, 2.05) is 38.1 Å². The Labute approximate surface area is 184 Å². The van der Waals surface area contributed by atoms with Crippen LogP contribution in [0.25, 0.3) is 11.1 Å². The molecule has 4 rings (SSSR count). The van der Waals surface area contributed by atoms with Crippen LogP contribution in [0.4, 0.5) is 4.79 Å². The van der Waals surface area contributed by atoms with Crippen LogP contribution in [-0.2, 0) is 9.53 Å². The first kappa shape index (κ1) is 21.4. The van der Waals surface area contributed by atoms with Crippen LogP contribution < -0.4 is 0 Å². The van der Waals surface area contributed by atoms with Crippen molar-refractivity contribution in [2.75, 3.05) is 13.2 Å². The van der Waals surface area contributed by atoms with E-state index in [-0.39, 0.29) is 18.4 Å².